The zero-order valence-electron chi connectivity index (χ0n) is 16.6. The van der Waals surface area contributed by atoms with Crippen molar-refractivity contribution < 1.29 is 9.47 Å². The highest BCUT2D eigenvalue weighted by Gasteiger charge is 2.35. The standard InChI is InChI=1S/C20H26N6O3/c1-28-20-23-18(21-9-15-4-3-7-29-15)22-19(24-20)25-10-13-8-14(12-25)16-5-2-6-17(27)26(16)11-13/h2,5-6,13-15H,3-4,7-12H2,1H3,(H,21,22,23,24)/t13-,14+,15-/m1/s1. The van der Waals surface area contributed by atoms with Gasteiger partial charge in [0.1, 0.15) is 0 Å². The number of piperidine rings is 1. The van der Waals surface area contributed by atoms with Crippen molar-refractivity contribution in [3.05, 3.63) is 34.2 Å². The minimum absolute atomic E-state index is 0.0908. The molecular formula is C20H26N6O3. The third kappa shape index (κ3) is 3.66. The number of hydrogen-bond donors (Lipinski definition) is 1. The molecule has 5 heterocycles. The van der Waals surface area contributed by atoms with Crippen LogP contribution in [0.5, 0.6) is 6.01 Å². The van der Waals surface area contributed by atoms with Crippen molar-refractivity contribution >= 4 is 11.9 Å². The zero-order chi connectivity index (χ0) is 19.8. The number of pyridine rings is 1. The fraction of sp³-hybridized carbons (Fsp3) is 0.600. The predicted molar refractivity (Wildman–Crippen MR) is 108 cm³/mol. The van der Waals surface area contributed by atoms with Gasteiger partial charge in [0.25, 0.3) is 5.56 Å². The van der Waals surface area contributed by atoms with Crippen molar-refractivity contribution in [2.45, 2.75) is 37.8 Å². The number of anilines is 2. The maximum absolute atomic E-state index is 12.2. The minimum atomic E-state index is 0.0908. The Morgan fingerprint density at radius 2 is 2.17 bits per heavy atom. The van der Waals surface area contributed by atoms with E-state index in [-0.39, 0.29) is 11.7 Å². The number of hydrogen-bond acceptors (Lipinski definition) is 8. The van der Waals surface area contributed by atoms with Gasteiger partial charge in [0.2, 0.25) is 11.9 Å². The van der Waals surface area contributed by atoms with Gasteiger partial charge < -0.3 is 24.3 Å². The summed E-state index contributed by atoms with van der Waals surface area (Å²) in [6.45, 7) is 3.83. The highest BCUT2D eigenvalue weighted by atomic mass is 16.5. The molecule has 0 amide bonds. The number of rotatable bonds is 5. The van der Waals surface area contributed by atoms with Crippen molar-refractivity contribution in [3.8, 4) is 6.01 Å². The summed E-state index contributed by atoms with van der Waals surface area (Å²) >= 11 is 0. The second kappa shape index (κ2) is 7.62. The summed E-state index contributed by atoms with van der Waals surface area (Å²) in [4.78, 5) is 27.9. The van der Waals surface area contributed by atoms with Crippen molar-refractivity contribution in [3.63, 3.8) is 0 Å². The van der Waals surface area contributed by atoms with Gasteiger partial charge in [0.15, 0.2) is 0 Å². The molecule has 2 saturated heterocycles. The average Bonchev–Trinajstić information content (AvgIpc) is 3.26. The van der Waals surface area contributed by atoms with E-state index in [9.17, 15) is 4.79 Å². The Labute approximate surface area is 169 Å². The quantitative estimate of drug-likeness (QED) is 0.804. The molecule has 3 atom stereocenters. The molecule has 0 radical (unpaired) electrons. The molecular weight excluding hydrogens is 372 g/mol. The highest BCUT2D eigenvalue weighted by Crippen LogP contribution is 2.36. The Morgan fingerprint density at radius 1 is 1.24 bits per heavy atom. The van der Waals surface area contributed by atoms with Gasteiger partial charge in [0, 0.05) is 50.5 Å². The Balaban J connectivity index is 1.38. The summed E-state index contributed by atoms with van der Waals surface area (Å²) in [5, 5.41) is 3.27. The molecule has 154 valence electrons. The molecule has 5 rings (SSSR count). The van der Waals surface area contributed by atoms with E-state index in [2.05, 4.69) is 31.2 Å². The topological polar surface area (TPSA) is 94.4 Å². The summed E-state index contributed by atoms with van der Waals surface area (Å²) < 4.78 is 12.9. The number of nitrogens with zero attached hydrogens (tertiary/aromatic N) is 5. The van der Waals surface area contributed by atoms with Gasteiger partial charge >= 0.3 is 6.01 Å². The lowest BCUT2D eigenvalue weighted by molar-refractivity contribution is 0.120. The predicted octanol–water partition coefficient (Wildman–Crippen LogP) is 1.26. The number of nitrogens with one attached hydrogen (secondary N) is 1. The van der Waals surface area contributed by atoms with Crippen LogP contribution in [0.25, 0.3) is 0 Å². The zero-order valence-corrected chi connectivity index (χ0v) is 16.6. The van der Waals surface area contributed by atoms with Crippen LogP contribution in [-0.2, 0) is 11.3 Å². The molecule has 2 fully saturated rings. The van der Waals surface area contributed by atoms with E-state index in [1.807, 2.05) is 10.6 Å². The van der Waals surface area contributed by atoms with Gasteiger partial charge in [-0.25, -0.2) is 0 Å². The molecule has 0 saturated carbocycles. The Kier molecular flexibility index (Phi) is 4.83. The normalized spacial score (nSPS) is 25.6. The molecule has 0 spiro atoms. The number of methoxy groups -OCH3 is 1. The third-order valence-corrected chi connectivity index (χ3v) is 6.06. The van der Waals surface area contributed by atoms with E-state index >= 15 is 0 Å². The van der Waals surface area contributed by atoms with E-state index in [4.69, 9.17) is 9.47 Å². The molecule has 2 bridgehead atoms. The second-order valence-corrected chi connectivity index (χ2v) is 8.06. The summed E-state index contributed by atoms with van der Waals surface area (Å²) in [6.07, 6.45) is 3.44. The minimum Gasteiger partial charge on any atom is -0.467 e. The molecule has 2 aromatic rings. The average molecular weight is 398 g/mol. The van der Waals surface area contributed by atoms with Gasteiger partial charge in [-0.2, -0.15) is 15.0 Å². The molecule has 29 heavy (non-hydrogen) atoms. The molecule has 3 aliphatic heterocycles. The van der Waals surface area contributed by atoms with Crippen molar-refractivity contribution in [1.29, 1.82) is 0 Å². The lowest BCUT2D eigenvalue weighted by Crippen LogP contribution is -2.47. The molecule has 0 aliphatic carbocycles. The molecule has 3 aliphatic rings. The van der Waals surface area contributed by atoms with Gasteiger partial charge in [0.05, 0.1) is 13.2 Å². The van der Waals surface area contributed by atoms with Crippen molar-refractivity contribution in [2.75, 3.05) is 43.6 Å². The van der Waals surface area contributed by atoms with Gasteiger partial charge in [-0.15, -0.1) is 0 Å². The first-order valence-electron chi connectivity index (χ1n) is 10.3. The third-order valence-electron chi connectivity index (χ3n) is 6.06. The summed E-state index contributed by atoms with van der Waals surface area (Å²) in [7, 11) is 1.57. The van der Waals surface area contributed by atoms with Crippen LogP contribution in [0.3, 0.4) is 0 Å². The van der Waals surface area contributed by atoms with Crippen LogP contribution in [0.2, 0.25) is 0 Å². The monoisotopic (exact) mass is 398 g/mol. The maximum Gasteiger partial charge on any atom is 0.322 e. The van der Waals surface area contributed by atoms with Crippen LogP contribution in [0.1, 0.15) is 30.9 Å². The first-order valence-corrected chi connectivity index (χ1v) is 10.3. The number of fused-ring (bicyclic) bond motifs is 4. The van der Waals surface area contributed by atoms with Gasteiger partial charge in [-0.05, 0) is 31.2 Å². The molecule has 1 N–H and O–H groups in total. The fourth-order valence-corrected chi connectivity index (χ4v) is 4.73. The maximum atomic E-state index is 12.2. The smallest absolute Gasteiger partial charge is 0.322 e. The summed E-state index contributed by atoms with van der Waals surface area (Å²) in [6, 6.07) is 5.86. The molecule has 2 aromatic heterocycles. The second-order valence-electron chi connectivity index (χ2n) is 8.06. The van der Waals surface area contributed by atoms with Crippen LogP contribution < -0.4 is 20.5 Å². The van der Waals surface area contributed by atoms with Crippen molar-refractivity contribution in [1.82, 2.24) is 19.5 Å². The molecule has 0 aromatic carbocycles. The summed E-state index contributed by atoms with van der Waals surface area (Å²) in [5.41, 5.74) is 1.20. The van der Waals surface area contributed by atoms with E-state index < -0.39 is 0 Å². The van der Waals surface area contributed by atoms with Crippen LogP contribution in [0, 0.1) is 5.92 Å². The van der Waals surface area contributed by atoms with Crippen LogP contribution >= 0.6 is 0 Å². The lowest BCUT2D eigenvalue weighted by atomic mass is 9.83. The summed E-state index contributed by atoms with van der Waals surface area (Å²) in [5.74, 6) is 1.82. The Bertz CT molecular complexity index is 942. The molecule has 9 nitrogen and oxygen atoms in total. The number of ether oxygens (including phenoxy) is 2. The highest BCUT2D eigenvalue weighted by molar-refractivity contribution is 5.40. The van der Waals surface area contributed by atoms with E-state index in [1.165, 1.54) is 0 Å². The van der Waals surface area contributed by atoms with E-state index in [0.717, 1.165) is 51.2 Å². The number of aromatic nitrogens is 4. The van der Waals surface area contributed by atoms with Crippen molar-refractivity contribution in [2.24, 2.45) is 5.92 Å². The van der Waals surface area contributed by atoms with Crippen LogP contribution in [0.15, 0.2) is 23.0 Å². The SMILES string of the molecule is COc1nc(NC[C@H]2CCCO2)nc(N2C[C@H]3C[C@@H](C2)c2cccc(=O)n2C3)n1. The van der Waals surface area contributed by atoms with Crippen LogP contribution in [-0.4, -0.2) is 59.0 Å². The first kappa shape index (κ1) is 18.4. The largest absolute Gasteiger partial charge is 0.467 e. The first-order chi connectivity index (χ1) is 14.2. The Morgan fingerprint density at radius 3 is 3.00 bits per heavy atom. The van der Waals surface area contributed by atoms with Crippen LogP contribution in [0.4, 0.5) is 11.9 Å². The van der Waals surface area contributed by atoms with E-state index in [0.29, 0.717) is 36.3 Å². The molecule has 9 heteroatoms. The fourth-order valence-electron chi connectivity index (χ4n) is 4.73. The van der Waals surface area contributed by atoms with Gasteiger partial charge in [-0.3, -0.25) is 4.79 Å². The molecule has 0 unspecified atom stereocenters. The van der Waals surface area contributed by atoms with Gasteiger partial charge in [-0.1, -0.05) is 6.07 Å². The van der Waals surface area contributed by atoms with E-state index in [1.54, 1.807) is 13.2 Å². The Hall–Kier alpha value is -2.68. The lowest BCUT2D eigenvalue weighted by Gasteiger charge is -2.42.